The maximum atomic E-state index is 13.7. The zero-order chi connectivity index (χ0) is 22.8. The molecule has 1 aromatic carbocycles. The van der Waals surface area contributed by atoms with Crippen LogP contribution in [0.25, 0.3) is 10.2 Å². The van der Waals surface area contributed by atoms with Crippen molar-refractivity contribution in [1.82, 2.24) is 14.9 Å². The fourth-order valence-corrected chi connectivity index (χ4v) is 6.37. The van der Waals surface area contributed by atoms with Gasteiger partial charge in [-0.3, -0.25) is 19.5 Å². The molecular weight excluding hydrogens is 444 g/mol. The summed E-state index contributed by atoms with van der Waals surface area (Å²) in [6.07, 6.45) is 3.62. The Morgan fingerprint density at radius 1 is 1.34 bits per heavy atom. The molecule has 3 amide bonds. The lowest BCUT2D eigenvalue weighted by molar-refractivity contribution is -0.119. The maximum Gasteiger partial charge on any atom is 0.318 e. The molecule has 1 aliphatic carbocycles. The molecule has 2 aromatic heterocycles. The molecule has 0 saturated heterocycles. The molecule has 168 valence electrons. The van der Waals surface area contributed by atoms with Crippen molar-refractivity contribution in [2.24, 2.45) is 11.7 Å². The predicted octanol–water partition coefficient (Wildman–Crippen LogP) is 3.50. The van der Waals surface area contributed by atoms with Crippen LogP contribution in [0.15, 0.2) is 40.3 Å². The molecule has 0 fully saturated rings. The molecule has 9 heteroatoms. The average molecular weight is 471 g/mol. The number of nitrogens with one attached hydrogen (secondary N) is 1. The van der Waals surface area contributed by atoms with Gasteiger partial charge in [-0.2, -0.15) is 0 Å². The van der Waals surface area contributed by atoms with Crippen LogP contribution in [0.3, 0.4) is 0 Å². The van der Waals surface area contributed by atoms with Crippen LogP contribution in [0.5, 0.6) is 0 Å². The minimum Gasteiger partial charge on any atom is -0.351 e. The van der Waals surface area contributed by atoms with Crippen molar-refractivity contribution < 1.29 is 9.59 Å². The van der Waals surface area contributed by atoms with E-state index >= 15 is 0 Å². The number of benzene rings is 1. The lowest BCUT2D eigenvalue weighted by atomic mass is 9.89. The molecule has 0 radical (unpaired) electrons. The zero-order valence-corrected chi connectivity index (χ0v) is 19.7. The first-order chi connectivity index (χ1) is 15.3. The predicted molar refractivity (Wildman–Crippen MR) is 128 cm³/mol. The Hall–Kier alpha value is -2.65. The number of aromatic nitrogens is 2. The fourth-order valence-electron chi connectivity index (χ4n) is 4.01. The number of thioether (sulfide) groups is 1. The van der Waals surface area contributed by atoms with Crippen molar-refractivity contribution in [2.45, 2.75) is 56.5 Å². The van der Waals surface area contributed by atoms with Gasteiger partial charge >= 0.3 is 6.03 Å². The highest BCUT2D eigenvalue weighted by Gasteiger charge is 2.26. The number of nitrogens with two attached hydrogens (primary N) is 1. The molecule has 2 atom stereocenters. The monoisotopic (exact) mass is 470 g/mol. The lowest BCUT2D eigenvalue weighted by Crippen LogP contribution is -2.39. The first-order valence-electron chi connectivity index (χ1n) is 10.7. The van der Waals surface area contributed by atoms with Crippen LogP contribution in [0, 0.1) is 5.92 Å². The average Bonchev–Trinajstić information content (AvgIpc) is 3.11. The number of thiophene rings is 1. The summed E-state index contributed by atoms with van der Waals surface area (Å²) in [5.74, 6) is 0.0907. The number of imide groups is 1. The van der Waals surface area contributed by atoms with Crippen molar-refractivity contribution in [3.8, 4) is 0 Å². The minimum atomic E-state index is -0.896. The van der Waals surface area contributed by atoms with Crippen LogP contribution in [-0.2, 0) is 30.6 Å². The fraction of sp³-hybridized carbons (Fsp3) is 0.391. The molecule has 3 aromatic rings. The van der Waals surface area contributed by atoms with Gasteiger partial charge in [0.25, 0.3) is 5.56 Å². The molecule has 0 saturated carbocycles. The summed E-state index contributed by atoms with van der Waals surface area (Å²) in [5, 5.41) is 2.68. The molecular formula is C23H26N4O3S2. The topological polar surface area (TPSA) is 107 Å². The summed E-state index contributed by atoms with van der Waals surface area (Å²) in [6.45, 7) is 4.36. The summed E-state index contributed by atoms with van der Waals surface area (Å²) in [6, 6.07) is 9.07. The highest BCUT2D eigenvalue weighted by Crippen LogP contribution is 2.37. The third kappa shape index (κ3) is 4.73. The summed E-state index contributed by atoms with van der Waals surface area (Å²) in [5.41, 5.74) is 7.30. The Morgan fingerprint density at radius 3 is 2.81 bits per heavy atom. The van der Waals surface area contributed by atoms with Gasteiger partial charge in [0.15, 0.2) is 5.16 Å². The van der Waals surface area contributed by atoms with Gasteiger partial charge in [0.1, 0.15) is 4.83 Å². The summed E-state index contributed by atoms with van der Waals surface area (Å²) >= 11 is 2.76. The van der Waals surface area contributed by atoms with Crippen LogP contribution in [0.2, 0.25) is 0 Å². The standard InChI is InChI=1S/C23H26N4O3S2/c1-13-8-9-16-17(12-13)32-20-18(16)21(29)27(11-10-15-6-4-3-5-7-15)23(26-20)31-14(2)19(28)25-22(24)30/h3-7,13-14H,8-12H2,1-2H3,(H3,24,25,28,30)/t13-,14+/m1/s1. The third-order valence-electron chi connectivity index (χ3n) is 5.74. The number of aryl methyl sites for hydroxylation is 2. The normalized spacial score (nSPS) is 16.5. The number of rotatable bonds is 6. The zero-order valence-electron chi connectivity index (χ0n) is 18.1. The molecule has 0 bridgehead atoms. The Bertz CT molecular complexity index is 1220. The number of primary amides is 1. The second-order valence-corrected chi connectivity index (χ2v) is 10.6. The van der Waals surface area contributed by atoms with E-state index < -0.39 is 17.2 Å². The maximum absolute atomic E-state index is 13.7. The van der Waals surface area contributed by atoms with Crippen LogP contribution in [0.1, 0.15) is 36.3 Å². The Balaban J connectivity index is 1.74. The van der Waals surface area contributed by atoms with Crippen LogP contribution in [0.4, 0.5) is 4.79 Å². The number of carbonyl (C=O) groups is 2. The smallest absolute Gasteiger partial charge is 0.318 e. The number of fused-ring (bicyclic) bond motifs is 3. The highest BCUT2D eigenvalue weighted by molar-refractivity contribution is 8.00. The summed E-state index contributed by atoms with van der Waals surface area (Å²) in [4.78, 5) is 43.8. The van der Waals surface area contributed by atoms with Gasteiger partial charge < -0.3 is 5.73 Å². The van der Waals surface area contributed by atoms with E-state index in [0.29, 0.717) is 24.0 Å². The quantitative estimate of drug-likeness (QED) is 0.424. The molecule has 7 nitrogen and oxygen atoms in total. The van der Waals surface area contributed by atoms with Gasteiger partial charge in [0.2, 0.25) is 5.91 Å². The Morgan fingerprint density at radius 2 is 2.09 bits per heavy atom. The first kappa shape index (κ1) is 22.5. The first-order valence-corrected chi connectivity index (χ1v) is 12.4. The Kier molecular flexibility index (Phi) is 6.66. The number of hydrogen-bond acceptors (Lipinski definition) is 6. The second-order valence-electron chi connectivity index (χ2n) is 8.23. The van der Waals surface area contributed by atoms with Crippen molar-refractivity contribution >= 4 is 45.3 Å². The molecule has 0 unspecified atom stereocenters. The minimum absolute atomic E-state index is 0.0528. The molecule has 4 rings (SSSR count). The largest absolute Gasteiger partial charge is 0.351 e. The van der Waals surface area contributed by atoms with E-state index in [-0.39, 0.29) is 5.56 Å². The van der Waals surface area contributed by atoms with E-state index in [2.05, 4.69) is 12.2 Å². The molecule has 0 spiro atoms. The summed E-state index contributed by atoms with van der Waals surface area (Å²) in [7, 11) is 0. The highest BCUT2D eigenvalue weighted by atomic mass is 32.2. The van der Waals surface area contributed by atoms with Gasteiger partial charge in [0.05, 0.1) is 10.6 Å². The van der Waals surface area contributed by atoms with Gasteiger partial charge in [-0.25, -0.2) is 9.78 Å². The van der Waals surface area contributed by atoms with E-state index in [9.17, 15) is 14.4 Å². The third-order valence-corrected chi connectivity index (χ3v) is 7.98. The number of carbonyl (C=O) groups excluding carboxylic acids is 2. The van der Waals surface area contributed by atoms with Gasteiger partial charge in [-0.15, -0.1) is 11.3 Å². The van der Waals surface area contributed by atoms with E-state index in [1.807, 2.05) is 30.3 Å². The van der Waals surface area contributed by atoms with Crippen molar-refractivity contribution in [2.75, 3.05) is 0 Å². The van der Waals surface area contributed by atoms with Gasteiger partial charge in [0, 0.05) is 11.4 Å². The van der Waals surface area contributed by atoms with Crippen LogP contribution >= 0.6 is 23.1 Å². The van der Waals surface area contributed by atoms with Gasteiger partial charge in [-0.1, -0.05) is 49.0 Å². The molecule has 1 aliphatic rings. The van der Waals surface area contributed by atoms with Gasteiger partial charge in [-0.05, 0) is 49.7 Å². The molecule has 3 N–H and O–H groups in total. The van der Waals surface area contributed by atoms with Crippen molar-refractivity contribution in [3.63, 3.8) is 0 Å². The number of urea groups is 1. The van der Waals surface area contributed by atoms with E-state index in [0.717, 1.165) is 40.6 Å². The number of hydrogen-bond donors (Lipinski definition) is 2. The molecule has 2 heterocycles. The van der Waals surface area contributed by atoms with E-state index in [1.54, 1.807) is 22.8 Å². The second kappa shape index (κ2) is 9.46. The molecule has 0 aliphatic heterocycles. The molecule has 32 heavy (non-hydrogen) atoms. The SMILES string of the molecule is C[C@@H]1CCc2c(sc3nc(S[C@@H](C)C(=O)NC(N)=O)n(CCc4ccccc4)c(=O)c23)C1. The van der Waals surface area contributed by atoms with Crippen LogP contribution in [-0.4, -0.2) is 26.7 Å². The van der Waals surface area contributed by atoms with Crippen LogP contribution < -0.4 is 16.6 Å². The van der Waals surface area contributed by atoms with Crippen molar-refractivity contribution in [3.05, 3.63) is 56.7 Å². The number of amides is 3. The van der Waals surface area contributed by atoms with E-state index in [1.165, 1.54) is 16.6 Å². The Labute approximate surface area is 194 Å². The number of nitrogens with zero attached hydrogens (tertiary/aromatic N) is 2. The van der Waals surface area contributed by atoms with E-state index in [4.69, 9.17) is 10.7 Å². The van der Waals surface area contributed by atoms with Crippen molar-refractivity contribution in [1.29, 1.82) is 0 Å². The lowest BCUT2D eigenvalue weighted by Gasteiger charge is -2.18. The summed E-state index contributed by atoms with van der Waals surface area (Å²) < 4.78 is 1.68.